The van der Waals surface area contributed by atoms with Gasteiger partial charge in [0.05, 0.1) is 37.9 Å². The van der Waals surface area contributed by atoms with Crippen LogP contribution in [-0.4, -0.2) is 65.9 Å². The third-order valence-electron chi connectivity index (χ3n) is 6.42. The number of allylic oxidation sites excluding steroid dienone is 1. The Labute approximate surface area is 233 Å². The van der Waals surface area contributed by atoms with Crippen LogP contribution in [0.25, 0.3) is 0 Å². The largest absolute Gasteiger partial charge is 0.463 e. The number of halogens is 3. The fraction of sp³-hybridized carbons (Fsp3) is 0.321. The van der Waals surface area contributed by atoms with Crippen molar-refractivity contribution < 1.29 is 37.0 Å². The van der Waals surface area contributed by atoms with E-state index in [1.165, 1.54) is 11.8 Å². The highest BCUT2D eigenvalue weighted by molar-refractivity contribution is 8.16. The molecule has 0 spiro atoms. The minimum atomic E-state index is -4.93. The van der Waals surface area contributed by atoms with Crippen molar-refractivity contribution in [1.82, 2.24) is 9.80 Å². The van der Waals surface area contributed by atoms with Crippen molar-refractivity contribution >= 4 is 28.8 Å². The molecule has 210 valence electrons. The average Bonchev–Trinajstić information content (AvgIpc) is 3.35. The predicted octanol–water partition coefficient (Wildman–Crippen LogP) is 5.41. The van der Waals surface area contributed by atoms with E-state index in [-0.39, 0.29) is 24.1 Å². The zero-order valence-electron chi connectivity index (χ0n) is 21.5. The van der Waals surface area contributed by atoms with Crippen LogP contribution in [0.4, 0.5) is 13.2 Å². The van der Waals surface area contributed by atoms with Crippen LogP contribution in [-0.2, 0) is 19.1 Å². The summed E-state index contributed by atoms with van der Waals surface area (Å²) >= 11 is 0.976. The number of carbonyl (C=O) groups is 2. The smallest absolute Gasteiger partial charge is 0.434 e. The lowest BCUT2D eigenvalue weighted by Gasteiger charge is -2.37. The summed E-state index contributed by atoms with van der Waals surface area (Å²) < 4.78 is 59.4. The Hall–Kier alpha value is -3.77. The van der Waals surface area contributed by atoms with Gasteiger partial charge in [-0.05, 0) is 42.2 Å². The van der Waals surface area contributed by atoms with Gasteiger partial charge in [0.2, 0.25) is 5.91 Å². The number of benzene rings is 2. The molecule has 2 aromatic carbocycles. The molecular formula is C28H26F3N3O5S. The number of hydrogen-bond acceptors (Lipinski definition) is 8. The molecule has 12 heteroatoms. The number of morpholine rings is 1. The predicted molar refractivity (Wildman–Crippen MR) is 142 cm³/mol. The molecule has 3 heterocycles. The van der Waals surface area contributed by atoms with Crippen LogP contribution in [0.1, 0.15) is 24.9 Å². The first-order valence-electron chi connectivity index (χ1n) is 12.7. The minimum absolute atomic E-state index is 0.0181. The summed E-state index contributed by atoms with van der Waals surface area (Å²) in [6, 6.07) is 14.2. The van der Waals surface area contributed by atoms with Crippen LogP contribution in [0, 0.1) is 0 Å². The molecule has 8 nitrogen and oxygen atoms in total. The van der Waals surface area contributed by atoms with Gasteiger partial charge < -0.3 is 24.0 Å². The van der Waals surface area contributed by atoms with Crippen molar-refractivity contribution in [3.63, 3.8) is 0 Å². The summed E-state index contributed by atoms with van der Waals surface area (Å²) in [5.41, 5.74) is -1.19. The van der Waals surface area contributed by atoms with Crippen molar-refractivity contribution in [2.45, 2.75) is 25.6 Å². The topological polar surface area (TPSA) is 80.7 Å². The van der Waals surface area contributed by atoms with Gasteiger partial charge in [0.25, 0.3) is 0 Å². The van der Waals surface area contributed by atoms with E-state index in [4.69, 9.17) is 14.2 Å². The van der Waals surface area contributed by atoms with Gasteiger partial charge in [-0.25, -0.2) is 9.79 Å². The van der Waals surface area contributed by atoms with E-state index in [0.717, 1.165) is 11.8 Å². The van der Waals surface area contributed by atoms with E-state index in [1.54, 1.807) is 58.8 Å². The molecule has 0 saturated carbocycles. The van der Waals surface area contributed by atoms with Crippen molar-refractivity contribution in [1.29, 1.82) is 0 Å². The van der Waals surface area contributed by atoms with Gasteiger partial charge in [0.15, 0.2) is 10.9 Å². The van der Waals surface area contributed by atoms with E-state index < -0.39 is 29.5 Å². The van der Waals surface area contributed by atoms with Crippen molar-refractivity contribution in [3.8, 4) is 11.5 Å². The molecule has 3 aliphatic rings. The molecule has 1 atom stereocenters. The van der Waals surface area contributed by atoms with Crippen molar-refractivity contribution in [2.24, 2.45) is 4.99 Å². The molecule has 1 amide bonds. The summed E-state index contributed by atoms with van der Waals surface area (Å²) in [4.78, 5) is 33.3. The zero-order valence-corrected chi connectivity index (χ0v) is 22.3. The third-order valence-corrected chi connectivity index (χ3v) is 7.31. The first-order chi connectivity index (χ1) is 19.3. The van der Waals surface area contributed by atoms with E-state index in [0.29, 0.717) is 49.1 Å². The SMILES string of the molecule is CCOC(=O)C1=C(C(F)(F)F)N=C2SC=C(CC(=O)N3CCOCC3)N2C1c1cccc(Oc2ccccc2)c1. The Kier molecular flexibility index (Phi) is 8.17. The molecule has 0 bridgehead atoms. The highest BCUT2D eigenvalue weighted by atomic mass is 32.2. The maximum Gasteiger partial charge on any atom is 0.434 e. The van der Waals surface area contributed by atoms with Crippen molar-refractivity contribution in [2.75, 3.05) is 32.9 Å². The highest BCUT2D eigenvalue weighted by Gasteiger charge is 2.49. The number of esters is 1. The lowest BCUT2D eigenvalue weighted by atomic mass is 9.93. The summed E-state index contributed by atoms with van der Waals surface area (Å²) in [7, 11) is 0. The number of alkyl halides is 3. The Morgan fingerprint density at radius 2 is 1.80 bits per heavy atom. The van der Waals surface area contributed by atoms with Gasteiger partial charge in [-0.1, -0.05) is 42.1 Å². The molecule has 1 unspecified atom stereocenters. The van der Waals surface area contributed by atoms with E-state index >= 15 is 0 Å². The second-order valence-electron chi connectivity index (χ2n) is 9.03. The van der Waals surface area contributed by atoms with Gasteiger partial charge in [-0.2, -0.15) is 13.2 Å². The fourth-order valence-corrected chi connectivity index (χ4v) is 5.57. The third kappa shape index (κ3) is 5.87. The summed E-state index contributed by atoms with van der Waals surface area (Å²) in [5, 5.41) is 1.63. The monoisotopic (exact) mass is 573 g/mol. The molecule has 3 aliphatic heterocycles. The van der Waals surface area contributed by atoms with Gasteiger partial charge in [-0.3, -0.25) is 4.79 Å². The molecule has 0 N–H and O–H groups in total. The molecule has 0 aliphatic carbocycles. The number of amidine groups is 1. The molecule has 0 aromatic heterocycles. The maximum atomic E-state index is 14.3. The summed E-state index contributed by atoms with van der Waals surface area (Å²) in [6.07, 6.45) is -5.01. The van der Waals surface area contributed by atoms with Gasteiger partial charge in [0, 0.05) is 18.8 Å². The first kappa shape index (κ1) is 27.8. The summed E-state index contributed by atoms with van der Waals surface area (Å²) in [6.45, 7) is 3.07. The number of para-hydroxylation sites is 1. The normalized spacial score (nSPS) is 19.1. The molecule has 2 aromatic rings. The second-order valence-corrected chi connectivity index (χ2v) is 9.87. The van der Waals surface area contributed by atoms with Crippen LogP contribution in [0.2, 0.25) is 0 Å². The van der Waals surface area contributed by atoms with Crippen molar-refractivity contribution in [3.05, 3.63) is 82.5 Å². The average molecular weight is 574 g/mol. The standard InChI is InChI=1S/C28H26F3N3O5S/c1-2-38-26(36)23-24(18-7-6-10-21(15-18)39-20-8-4-3-5-9-20)34-19(16-22(35)33-11-13-37-14-12-33)17-40-27(34)32-25(23)28(29,30)31/h3-10,15,17,24H,2,11-14,16H2,1H3. The Morgan fingerprint density at radius 1 is 1.07 bits per heavy atom. The van der Waals surface area contributed by atoms with Crippen LogP contribution in [0.3, 0.4) is 0 Å². The molecule has 1 saturated heterocycles. The number of amides is 1. The lowest BCUT2D eigenvalue weighted by Crippen LogP contribution is -2.43. The van der Waals surface area contributed by atoms with E-state index in [9.17, 15) is 22.8 Å². The summed E-state index contributed by atoms with van der Waals surface area (Å²) in [5.74, 6) is -0.422. The van der Waals surface area contributed by atoms with E-state index in [2.05, 4.69) is 4.99 Å². The maximum absolute atomic E-state index is 14.3. The molecule has 40 heavy (non-hydrogen) atoms. The second kappa shape index (κ2) is 11.8. The quantitative estimate of drug-likeness (QED) is 0.410. The fourth-order valence-electron chi connectivity index (χ4n) is 4.66. The zero-order chi connectivity index (χ0) is 28.3. The Balaban J connectivity index is 1.57. The van der Waals surface area contributed by atoms with Gasteiger partial charge in [-0.15, -0.1) is 0 Å². The highest BCUT2D eigenvalue weighted by Crippen LogP contribution is 2.48. The van der Waals surface area contributed by atoms with Crippen LogP contribution < -0.4 is 4.74 Å². The molecule has 0 radical (unpaired) electrons. The minimum Gasteiger partial charge on any atom is -0.463 e. The van der Waals surface area contributed by atoms with Gasteiger partial charge in [0.1, 0.15) is 11.5 Å². The number of carbonyl (C=O) groups excluding carboxylic acids is 2. The van der Waals surface area contributed by atoms with E-state index in [1.807, 2.05) is 6.07 Å². The van der Waals surface area contributed by atoms with Crippen LogP contribution in [0.15, 0.2) is 82.0 Å². The number of fused-ring (bicyclic) bond motifs is 1. The van der Waals surface area contributed by atoms with Crippen LogP contribution in [0.5, 0.6) is 11.5 Å². The Bertz CT molecular complexity index is 1370. The number of thioether (sulfide) groups is 1. The Morgan fingerprint density at radius 3 is 2.50 bits per heavy atom. The molecule has 5 rings (SSSR count). The molecule has 1 fully saturated rings. The number of rotatable bonds is 7. The first-order valence-corrected chi connectivity index (χ1v) is 13.5. The number of ether oxygens (including phenoxy) is 3. The number of hydrogen-bond donors (Lipinski definition) is 0. The number of nitrogens with zero attached hydrogens (tertiary/aromatic N) is 3. The van der Waals surface area contributed by atoms with Gasteiger partial charge >= 0.3 is 12.1 Å². The number of aliphatic imine (C=N–C) groups is 1. The lowest BCUT2D eigenvalue weighted by molar-refractivity contribution is -0.140. The molecular weight excluding hydrogens is 547 g/mol. The van der Waals surface area contributed by atoms with Crippen LogP contribution >= 0.6 is 11.8 Å².